The summed E-state index contributed by atoms with van der Waals surface area (Å²) in [7, 11) is 3.08. The quantitative estimate of drug-likeness (QED) is 0.779. The first-order valence-corrected chi connectivity index (χ1v) is 9.07. The van der Waals surface area contributed by atoms with Gasteiger partial charge in [-0.2, -0.15) is 13.2 Å². The third kappa shape index (κ3) is 3.97. The van der Waals surface area contributed by atoms with Crippen LogP contribution in [0.3, 0.4) is 0 Å². The molecule has 1 saturated heterocycles. The fourth-order valence-corrected chi connectivity index (χ4v) is 4.09. The van der Waals surface area contributed by atoms with Gasteiger partial charge in [0.1, 0.15) is 22.6 Å². The molecule has 1 aliphatic rings. The summed E-state index contributed by atoms with van der Waals surface area (Å²) in [5, 5.41) is -0.329. The van der Waals surface area contributed by atoms with E-state index in [1.165, 1.54) is 7.11 Å². The molecule has 1 aliphatic heterocycles. The number of hydrogen-bond donors (Lipinski definition) is 0. The third-order valence-electron chi connectivity index (χ3n) is 4.16. The van der Waals surface area contributed by atoms with Crippen molar-refractivity contribution in [1.82, 2.24) is 9.88 Å². The number of benzene rings is 1. The summed E-state index contributed by atoms with van der Waals surface area (Å²) in [5.41, 5.74) is -0.147. The Morgan fingerprint density at radius 3 is 2.59 bits per heavy atom. The summed E-state index contributed by atoms with van der Waals surface area (Å²) in [5.74, 6) is 1.56. The maximum atomic E-state index is 12.9. The van der Waals surface area contributed by atoms with Crippen LogP contribution in [0.15, 0.2) is 36.5 Å². The Balaban J connectivity index is 1.89. The molecule has 0 saturated carbocycles. The van der Waals surface area contributed by atoms with E-state index in [1.807, 2.05) is 0 Å². The minimum atomic E-state index is -4.54. The Labute approximate surface area is 158 Å². The van der Waals surface area contributed by atoms with E-state index in [4.69, 9.17) is 9.47 Å². The Hall–Kier alpha value is -2.42. The number of ether oxygens (including phenoxy) is 2. The largest absolute Gasteiger partial charge is 0.497 e. The maximum absolute atomic E-state index is 12.9. The molecule has 1 aromatic carbocycles. The van der Waals surface area contributed by atoms with E-state index < -0.39 is 11.9 Å². The minimum Gasteiger partial charge on any atom is -0.497 e. The second-order valence-electron chi connectivity index (χ2n) is 5.76. The summed E-state index contributed by atoms with van der Waals surface area (Å²) < 4.78 is 48.7. The Kier molecular flexibility index (Phi) is 5.50. The fraction of sp³-hybridized carbons (Fsp3) is 0.333. The van der Waals surface area contributed by atoms with Crippen molar-refractivity contribution in [3.63, 3.8) is 0 Å². The van der Waals surface area contributed by atoms with Gasteiger partial charge in [0.25, 0.3) is 5.91 Å². The number of alkyl halides is 3. The number of thioether (sulfide) groups is 1. The van der Waals surface area contributed by atoms with Crippen LogP contribution < -0.4 is 9.47 Å². The topological polar surface area (TPSA) is 51.7 Å². The highest BCUT2D eigenvalue weighted by Gasteiger charge is 2.35. The second kappa shape index (κ2) is 7.67. The average Bonchev–Trinajstić information content (AvgIpc) is 3.15. The normalized spacial score (nSPS) is 17.1. The van der Waals surface area contributed by atoms with Crippen molar-refractivity contribution in [3.8, 4) is 11.5 Å². The standard InChI is InChI=1S/C18H17F3N2O3S/c1-25-12-4-5-14(26-2)13(9-12)17-23(7-8-27-17)16(24)11-3-6-15(22-10-11)18(19,20)21/h3-6,9-10,17H,7-8H2,1-2H3. The van der Waals surface area contributed by atoms with E-state index >= 15 is 0 Å². The number of rotatable bonds is 4. The number of carbonyl (C=O) groups is 1. The monoisotopic (exact) mass is 398 g/mol. The molecule has 1 unspecified atom stereocenters. The maximum Gasteiger partial charge on any atom is 0.433 e. The second-order valence-corrected chi connectivity index (χ2v) is 6.95. The van der Waals surface area contributed by atoms with Gasteiger partial charge in [-0.1, -0.05) is 0 Å². The number of amides is 1. The van der Waals surface area contributed by atoms with Crippen molar-refractivity contribution in [2.24, 2.45) is 0 Å². The molecule has 9 heteroatoms. The van der Waals surface area contributed by atoms with E-state index in [0.717, 1.165) is 23.9 Å². The Bertz CT molecular complexity index is 828. The van der Waals surface area contributed by atoms with Gasteiger partial charge in [-0.15, -0.1) is 11.8 Å². The van der Waals surface area contributed by atoms with E-state index in [0.29, 0.717) is 23.8 Å². The smallest absolute Gasteiger partial charge is 0.433 e. The zero-order valence-corrected chi connectivity index (χ0v) is 15.4. The van der Waals surface area contributed by atoms with E-state index in [1.54, 1.807) is 42.0 Å². The molecule has 0 bridgehead atoms. The fourth-order valence-electron chi connectivity index (χ4n) is 2.82. The highest BCUT2D eigenvalue weighted by molar-refractivity contribution is 7.99. The highest BCUT2D eigenvalue weighted by Crippen LogP contribution is 2.43. The summed E-state index contributed by atoms with van der Waals surface area (Å²) in [6.45, 7) is 0.468. The summed E-state index contributed by atoms with van der Waals surface area (Å²) in [6.07, 6.45) is -3.57. The molecule has 1 fully saturated rings. The Morgan fingerprint density at radius 2 is 2.00 bits per heavy atom. The molecule has 1 aromatic heterocycles. The van der Waals surface area contributed by atoms with Crippen LogP contribution in [-0.4, -0.2) is 42.3 Å². The number of nitrogens with zero attached hydrogens (tertiary/aromatic N) is 2. The van der Waals surface area contributed by atoms with Crippen molar-refractivity contribution >= 4 is 17.7 Å². The molecule has 144 valence electrons. The molecule has 2 aromatic rings. The third-order valence-corrected chi connectivity index (χ3v) is 5.40. The van der Waals surface area contributed by atoms with Gasteiger partial charge < -0.3 is 14.4 Å². The summed E-state index contributed by atoms with van der Waals surface area (Å²) in [6, 6.07) is 7.29. The van der Waals surface area contributed by atoms with Crippen LogP contribution in [0.4, 0.5) is 13.2 Å². The average molecular weight is 398 g/mol. The molecule has 0 aliphatic carbocycles. The summed E-state index contributed by atoms with van der Waals surface area (Å²) >= 11 is 1.55. The molecule has 0 spiro atoms. The molecular weight excluding hydrogens is 381 g/mol. The van der Waals surface area contributed by atoms with Crippen LogP contribution >= 0.6 is 11.8 Å². The lowest BCUT2D eigenvalue weighted by Gasteiger charge is -2.26. The number of aromatic nitrogens is 1. The van der Waals surface area contributed by atoms with Crippen LogP contribution in [0.1, 0.15) is 27.0 Å². The molecule has 1 amide bonds. The molecule has 3 rings (SSSR count). The van der Waals surface area contributed by atoms with Gasteiger partial charge >= 0.3 is 6.18 Å². The number of methoxy groups -OCH3 is 2. The highest BCUT2D eigenvalue weighted by atomic mass is 32.2. The molecule has 1 atom stereocenters. The van der Waals surface area contributed by atoms with Gasteiger partial charge in [0.15, 0.2) is 0 Å². The van der Waals surface area contributed by atoms with E-state index in [-0.39, 0.29) is 16.8 Å². The molecule has 0 radical (unpaired) electrons. The van der Waals surface area contributed by atoms with Crippen molar-refractivity contribution in [2.75, 3.05) is 26.5 Å². The van der Waals surface area contributed by atoms with Crippen molar-refractivity contribution < 1.29 is 27.4 Å². The van der Waals surface area contributed by atoms with Gasteiger partial charge in [-0.3, -0.25) is 9.78 Å². The molecule has 0 N–H and O–H groups in total. The van der Waals surface area contributed by atoms with Gasteiger partial charge in [-0.25, -0.2) is 0 Å². The lowest BCUT2D eigenvalue weighted by atomic mass is 10.1. The number of halogens is 3. The predicted molar refractivity (Wildman–Crippen MR) is 95.0 cm³/mol. The van der Waals surface area contributed by atoms with Crippen molar-refractivity contribution in [1.29, 1.82) is 0 Å². The predicted octanol–water partition coefficient (Wildman–Crippen LogP) is 4.01. The zero-order chi connectivity index (χ0) is 19.6. The van der Waals surface area contributed by atoms with Crippen molar-refractivity contribution in [3.05, 3.63) is 53.3 Å². The van der Waals surface area contributed by atoms with Crippen LogP contribution in [-0.2, 0) is 6.18 Å². The van der Waals surface area contributed by atoms with Crippen molar-refractivity contribution in [2.45, 2.75) is 11.6 Å². The lowest BCUT2D eigenvalue weighted by molar-refractivity contribution is -0.141. The van der Waals surface area contributed by atoms with Gasteiger partial charge in [0.2, 0.25) is 0 Å². The van der Waals surface area contributed by atoms with Crippen LogP contribution in [0.2, 0.25) is 0 Å². The van der Waals surface area contributed by atoms with Crippen LogP contribution in [0.25, 0.3) is 0 Å². The van der Waals surface area contributed by atoms with Crippen LogP contribution in [0.5, 0.6) is 11.5 Å². The summed E-state index contributed by atoms with van der Waals surface area (Å²) in [4.78, 5) is 17.8. The number of pyridine rings is 1. The molecule has 5 nitrogen and oxygen atoms in total. The van der Waals surface area contributed by atoms with Crippen LogP contribution in [0, 0.1) is 0 Å². The molecular formula is C18H17F3N2O3S. The first kappa shape index (κ1) is 19.3. The Morgan fingerprint density at radius 1 is 1.22 bits per heavy atom. The first-order chi connectivity index (χ1) is 12.8. The number of carbonyl (C=O) groups excluding carboxylic acids is 1. The van der Waals surface area contributed by atoms with E-state index in [9.17, 15) is 18.0 Å². The molecule has 27 heavy (non-hydrogen) atoms. The SMILES string of the molecule is COc1ccc(OC)c(C2SCCN2C(=O)c2ccc(C(F)(F)F)nc2)c1. The minimum absolute atomic E-state index is 0.109. The van der Waals surface area contributed by atoms with Gasteiger partial charge in [0, 0.05) is 24.1 Å². The lowest BCUT2D eigenvalue weighted by Crippen LogP contribution is -2.30. The molecule has 2 heterocycles. The van der Waals surface area contributed by atoms with E-state index in [2.05, 4.69) is 4.98 Å². The zero-order valence-electron chi connectivity index (χ0n) is 14.6. The van der Waals surface area contributed by atoms with Gasteiger partial charge in [0.05, 0.1) is 19.8 Å². The first-order valence-electron chi connectivity index (χ1n) is 8.03. The van der Waals surface area contributed by atoms with Gasteiger partial charge in [-0.05, 0) is 30.3 Å². The number of hydrogen-bond acceptors (Lipinski definition) is 5.